The molecule has 8 aromatic rings. The number of anilines is 2. The van der Waals surface area contributed by atoms with E-state index < -0.39 is 34.4 Å². The fourth-order valence-corrected chi connectivity index (χ4v) is 8.97. The maximum atomic E-state index is 15.1. The molecule has 368 valence electrons. The predicted molar refractivity (Wildman–Crippen MR) is 270 cm³/mol. The number of fused-ring (bicyclic) bond motifs is 2. The van der Waals surface area contributed by atoms with Gasteiger partial charge in [0.25, 0.3) is 0 Å². The number of carboxylic acid groups (broad SMARTS) is 2. The smallest absolute Gasteiger partial charge is 0.341 e. The fourth-order valence-electron chi connectivity index (χ4n) is 8.60. The highest BCUT2D eigenvalue weighted by Crippen LogP contribution is 2.28. The van der Waals surface area contributed by atoms with E-state index in [4.69, 9.17) is 5.11 Å². The fraction of sp³-hybridized carbons (Fsp3) is 0.280. The monoisotopic (exact) mass is 1030 g/mol. The largest absolute Gasteiger partial charge is 0.477 e. The lowest BCUT2D eigenvalue weighted by Gasteiger charge is -2.36. The van der Waals surface area contributed by atoms with Crippen LogP contribution in [0.5, 0.6) is 0 Å². The molecule has 21 heteroatoms. The van der Waals surface area contributed by atoms with Crippen molar-refractivity contribution in [3.05, 3.63) is 165 Å². The summed E-state index contributed by atoms with van der Waals surface area (Å²) in [7, 11) is 0. The van der Waals surface area contributed by atoms with Crippen LogP contribution in [0.3, 0.4) is 0 Å². The van der Waals surface area contributed by atoms with Crippen molar-refractivity contribution >= 4 is 61.0 Å². The van der Waals surface area contributed by atoms with E-state index in [0.717, 1.165) is 55.5 Å². The van der Waals surface area contributed by atoms with Crippen molar-refractivity contribution in [2.24, 2.45) is 0 Å². The summed E-state index contributed by atoms with van der Waals surface area (Å²) in [5.74, 6) is -3.63. The van der Waals surface area contributed by atoms with E-state index in [1.165, 1.54) is 42.2 Å². The molecule has 6 heterocycles. The Morgan fingerprint density at radius 1 is 0.634 bits per heavy atom. The quantitative estimate of drug-likeness (QED) is 0.124. The van der Waals surface area contributed by atoms with Gasteiger partial charge in [0.15, 0.2) is 0 Å². The molecule has 0 atom stereocenters. The van der Waals surface area contributed by atoms with Gasteiger partial charge >= 0.3 is 11.9 Å². The molecule has 10 rings (SSSR count). The van der Waals surface area contributed by atoms with Gasteiger partial charge in [-0.15, -0.1) is 0 Å². The number of rotatable bonds is 11. The number of piperazine rings is 2. The molecule has 2 saturated heterocycles. The zero-order valence-corrected chi connectivity index (χ0v) is 40.5. The number of nitrogens with zero attached hydrogens (tertiary/aromatic N) is 11. The third-order valence-corrected chi connectivity index (χ3v) is 13.1. The number of aryl methyl sites for hydroxylation is 2. The highest BCUT2D eigenvalue weighted by Gasteiger charge is 2.24. The van der Waals surface area contributed by atoms with Gasteiger partial charge in [0.2, 0.25) is 10.9 Å². The lowest BCUT2D eigenvalue weighted by Crippen LogP contribution is -2.46. The van der Waals surface area contributed by atoms with Crippen LogP contribution in [0.15, 0.2) is 120 Å². The summed E-state index contributed by atoms with van der Waals surface area (Å²) in [6.45, 7) is 11.2. The molecule has 2 fully saturated rings. The molecule has 2 aliphatic heterocycles. The number of halogens is 3. The van der Waals surface area contributed by atoms with Crippen LogP contribution < -0.4 is 26.0 Å². The molecule has 4 aromatic heterocycles. The van der Waals surface area contributed by atoms with Crippen LogP contribution >= 0.6 is 15.9 Å². The van der Waals surface area contributed by atoms with Crippen molar-refractivity contribution in [3.8, 4) is 11.4 Å². The van der Waals surface area contributed by atoms with Crippen LogP contribution in [0, 0.1) is 11.6 Å². The molecule has 0 aliphatic carbocycles. The number of pyridine rings is 2. The minimum Gasteiger partial charge on any atom is -0.477 e. The first-order valence-electron chi connectivity index (χ1n) is 22.9. The second-order valence-electron chi connectivity index (χ2n) is 16.7. The normalized spacial score (nSPS) is 13.9. The SMILES string of the molecule is BrCc1ccc(-n2cncn2)cc1.CCn1cc(C(=O)O)c(=O)c2cc(F)c(N3CCN(Cc4ccc(-n5cncn5)cc4)CC3)cc21.CCn1cc(C(=O)O)c(=O)c2cc(F)c(N3CCNCC3)cc21. The van der Waals surface area contributed by atoms with Crippen molar-refractivity contribution in [2.45, 2.75) is 38.8 Å². The maximum Gasteiger partial charge on any atom is 0.341 e. The molecule has 0 spiro atoms. The number of hydrogen-bond acceptors (Lipinski definition) is 12. The molecule has 71 heavy (non-hydrogen) atoms. The Kier molecular flexibility index (Phi) is 15.7. The summed E-state index contributed by atoms with van der Waals surface area (Å²) in [4.78, 5) is 61.6. The highest BCUT2D eigenvalue weighted by molar-refractivity contribution is 9.08. The first-order chi connectivity index (χ1) is 34.4. The van der Waals surface area contributed by atoms with Gasteiger partial charge in [0.1, 0.15) is 48.1 Å². The van der Waals surface area contributed by atoms with E-state index in [1.807, 2.05) is 47.9 Å². The molecule has 0 amide bonds. The van der Waals surface area contributed by atoms with Crippen molar-refractivity contribution < 1.29 is 28.6 Å². The number of hydrogen-bond donors (Lipinski definition) is 3. The van der Waals surface area contributed by atoms with Crippen molar-refractivity contribution in [3.63, 3.8) is 0 Å². The summed E-state index contributed by atoms with van der Waals surface area (Å²) in [6.07, 6.45) is 9.03. The number of aromatic nitrogens is 8. The highest BCUT2D eigenvalue weighted by atomic mass is 79.9. The number of aromatic carboxylic acids is 2. The van der Waals surface area contributed by atoms with Crippen molar-refractivity contribution in [2.75, 3.05) is 62.2 Å². The number of benzene rings is 4. The molecule has 0 saturated carbocycles. The van der Waals surface area contributed by atoms with E-state index in [2.05, 4.69) is 70.6 Å². The summed E-state index contributed by atoms with van der Waals surface area (Å²) in [5, 5.41) is 30.9. The van der Waals surface area contributed by atoms with Crippen LogP contribution in [-0.2, 0) is 25.0 Å². The van der Waals surface area contributed by atoms with Crippen LogP contribution in [0.2, 0.25) is 0 Å². The number of nitrogens with one attached hydrogen (secondary N) is 1. The molecule has 4 aromatic carbocycles. The Balaban J connectivity index is 0.000000160. The standard InChI is InChI=1S/C25H25FN6O3.C16H18FN3O3.C9H8BrN3/c1-2-30-14-20(25(34)35)24(33)19-11-21(26)23(12-22(19)30)31-9-7-29(8-10-31)13-17-3-5-18(6-4-17)32-16-27-15-28-32;1-2-19-9-11(16(22)23)15(21)10-7-12(17)14(8-13(10)19)20-5-3-18-4-6-20;10-5-8-1-3-9(4-2-8)13-7-11-6-12-13/h3-6,11-12,14-16H,2,7-10,13H2,1H3,(H,34,35);7-9,18H,2-6H2,1H3,(H,22,23);1-4,6-7H,5H2. The third kappa shape index (κ3) is 11.2. The number of alkyl halides is 1. The molecular weight excluding hydrogens is 983 g/mol. The van der Waals surface area contributed by atoms with Gasteiger partial charge in [0, 0.05) is 100 Å². The number of carbonyl (C=O) groups is 2. The van der Waals surface area contributed by atoms with E-state index in [1.54, 1.807) is 43.3 Å². The zero-order valence-electron chi connectivity index (χ0n) is 39.0. The summed E-state index contributed by atoms with van der Waals surface area (Å²) in [5.41, 5.74) is 4.37. The van der Waals surface area contributed by atoms with Crippen LogP contribution in [-0.4, -0.2) is 118 Å². The second-order valence-corrected chi connectivity index (χ2v) is 17.3. The molecule has 0 bridgehead atoms. The Hall–Kier alpha value is -7.62. The van der Waals surface area contributed by atoms with E-state index >= 15 is 4.39 Å². The Morgan fingerprint density at radius 3 is 1.46 bits per heavy atom. The van der Waals surface area contributed by atoms with Gasteiger partial charge in [-0.3, -0.25) is 14.5 Å². The molecule has 3 N–H and O–H groups in total. The van der Waals surface area contributed by atoms with Gasteiger partial charge in [-0.2, -0.15) is 10.2 Å². The zero-order chi connectivity index (χ0) is 50.2. The van der Waals surface area contributed by atoms with Crippen LogP contribution in [0.1, 0.15) is 45.7 Å². The lowest BCUT2D eigenvalue weighted by atomic mass is 10.1. The number of carboxylic acids is 2. The molecule has 0 radical (unpaired) electrons. The Morgan fingerprint density at radius 2 is 1.07 bits per heavy atom. The maximum absolute atomic E-state index is 15.1. The van der Waals surface area contributed by atoms with Gasteiger partial charge in [-0.1, -0.05) is 40.2 Å². The summed E-state index contributed by atoms with van der Waals surface area (Å²) >= 11 is 3.40. The first kappa shape index (κ1) is 49.8. The second kappa shape index (κ2) is 22.4. The molecular formula is C50H51BrF2N12O6. The average Bonchev–Trinajstić information content (AvgIpc) is 4.15. The van der Waals surface area contributed by atoms with Crippen molar-refractivity contribution in [1.82, 2.24) is 48.9 Å². The van der Waals surface area contributed by atoms with Gasteiger partial charge in [0.05, 0.1) is 33.8 Å². The minimum absolute atomic E-state index is 0.0842. The van der Waals surface area contributed by atoms with Crippen LogP contribution in [0.4, 0.5) is 20.2 Å². The lowest BCUT2D eigenvalue weighted by molar-refractivity contribution is 0.0684. The Labute approximate surface area is 414 Å². The molecule has 0 unspecified atom stereocenters. The van der Waals surface area contributed by atoms with Gasteiger partial charge < -0.3 is 34.5 Å². The Bertz CT molecular complexity index is 3260. The average molecular weight is 1030 g/mol. The molecule has 2 aliphatic rings. The van der Waals surface area contributed by atoms with Crippen LogP contribution in [0.25, 0.3) is 33.2 Å². The minimum atomic E-state index is -1.31. The molecule has 18 nitrogen and oxygen atoms in total. The van der Waals surface area contributed by atoms with Gasteiger partial charge in [-0.05, 0) is 73.5 Å². The third-order valence-electron chi connectivity index (χ3n) is 12.4. The van der Waals surface area contributed by atoms with E-state index in [9.17, 15) is 28.7 Å². The van der Waals surface area contributed by atoms with Crippen molar-refractivity contribution in [1.29, 1.82) is 0 Å². The topological polar surface area (TPSA) is 202 Å². The summed E-state index contributed by atoms with van der Waals surface area (Å²) in [6, 6.07) is 22.0. The van der Waals surface area contributed by atoms with Gasteiger partial charge in [-0.25, -0.2) is 37.7 Å². The summed E-state index contributed by atoms with van der Waals surface area (Å²) < 4.78 is 36.4. The van der Waals surface area contributed by atoms with E-state index in [0.29, 0.717) is 61.7 Å². The first-order valence-corrected chi connectivity index (χ1v) is 24.1. The predicted octanol–water partition coefficient (Wildman–Crippen LogP) is 6.19. The van der Waals surface area contributed by atoms with E-state index in [-0.39, 0.29) is 21.9 Å².